The maximum atomic E-state index is 5.98. The zero-order valence-electron chi connectivity index (χ0n) is 11.7. The minimum atomic E-state index is 0.486. The van der Waals surface area contributed by atoms with E-state index in [4.69, 9.17) is 4.74 Å². The Balaban J connectivity index is 1.56. The van der Waals surface area contributed by atoms with E-state index in [9.17, 15) is 0 Å². The molecule has 0 atom stereocenters. The molecule has 0 unspecified atom stereocenters. The minimum absolute atomic E-state index is 0.486. The third-order valence-corrected chi connectivity index (χ3v) is 3.83. The number of para-hydroxylation sites is 1. The summed E-state index contributed by atoms with van der Waals surface area (Å²) in [6, 6.07) is 12.2. The topological polar surface area (TPSA) is 38.6 Å². The van der Waals surface area contributed by atoms with E-state index in [0.717, 1.165) is 35.7 Å². The van der Waals surface area contributed by atoms with Gasteiger partial charge >= 0.3 is 0 Å². The van der Waals surface area contributed by atoms with Crippen LogP contribution in [0.2, 0.25) is 0 Å². The summed E-state index contributed by atoms with van der Waals surface area (Å²) in [4.78, 5) is 4.56. The van der Waals surface area contributed by atoms with Crippen molar-refractivity contribution in [1.82, 2.24) is 9.38 Å². The highest BCUT2D eigenvalue weighted by Crippen LogP contribution is 2.32. The Bertz CT molecular complexity index is 746. The predicted molar refractivity (Wildman–Crippen MR) is 82.8 cm³/mol. The number of anilines is 1. The molecular weight excluding hydrogens is 262 g/mol. The average Bonchev–Trinajstić information content (AvgIpc) is 2.96. The molecule has 0 spiro atoms. The predicted octanol–water partition coefficient (Wildman–Crippen LogP) is 3.27. The van der Waals surface area contributed by atoms with Gasteiger partial charge in [0, 0.05) is 18.9 Å². The second kappa shape index (κ2) is 5.13. The molecule has 3 aromatic rings. The Morgan fingerprint density at radius 1 is 1.19 bits per heavy atom. The lowest BCUT2D eigenvalue weighted by Crippen LogP contribution is -2.13. The number of hydrogen-bond donors (Lipinski definition) is 1. The van der Waals surface area contributed by atoms with Crippen molar-refractivity contribution in [3.05, 3.63) is 60.0 Å². The van der Waals surface area contributed by atoms with Gasteiger partial charge in [-0.3, -0.25) is 0 Å². The molecule has 0 radical (unpaired) electrons. The van der Waals surface area contributed by atoms with Crippen LogP contribution in [0.1, 0.15) is 17.7 Å². The molecule has 4 nitrogen and oxygen atoms in total. The van der Waals surface area contributed by atoms with Crippen molar-refractivity contribution in [2.75, 3.05) is 11.9 Å². The van der Waals surface area contributed by atoms with Crippen LogP contribution in [0.4, 0.5) is 5.69 Å². The van der Waals surface area contributed by atoms with E-state index in [2.05, 4.69) is 22.4 Å². The molecule has 0 bridgehead atoms. The highest BCUT2D eigenvalue weighted by atomic mass is 16.5. The number of aryl methyl sites for hydroxylation is 1. The summed E-state index contributed by atoms with van der Waals surface area (Å²) >= 11 is 0. The molecular formula is C17H17N3O. The summed E-state index contributed by atoms with van der Waals surface area (Å²) < 4.78 is 7.99. The first-order valence-corrected chi connectivity index (χ1v) is 7.31. The number of rotatable bonds is 3. The van der Waals surface area contributed by atoms with Crippen molar-refractivity contribution in [3.8, 4) is 5.75 Å². The Labute approximate surface area is 123 Å². The fourth-order valence-corrected chi connectivity index (χ4v) is 2.81. The highest BCUT2D eigenvalue weighted by Gasteiger charge is 2.13. The van der Waals surface area contributed by atoms with Crippen molar-refractivity contribution in [3.63, 3.8) is 0 Å². The van der Waals surface area contributed by atoms with Gasteiger partial charge in [-0.25, -0.2) is 4.98 Å². The lowest BCUT2D eigenvalue weighted by atomic mass is 10.0. The number of fused-ring (bicyclic) bond motifs is 2. The summed E-state index contributed by atoms with van der Waals surface area (Å²) in [5, 5.41) is 3.44. The number of ether oxygens (including phenoxy) is 1. The number of aromatic nitrogens is 2. The molecule has 4 rings (SSSR count). The van der Waals surface area contributed by atoms with E-state index in [0.29, 0.717) is 6.61 Å². The second-order valence-corrected chi connectivity index (χ2v) is 5.31. The van der Waals surface area contributed by atoms with E-state index < -0.39 is 0 Å². The van der Waals surface area contributed by atoms with Crippen LogP contribution in [-0.4, -0.2) is 15.9 Å². The molecule has 0 saturated carbocycles. The Morgan fingerprint density at radius 3 is 3.14 bits per heavy atom. The summed E-state index contributed by atoms with van der Waals surface area (Å²) in [6.07, 6.45) is 6.31. The Morgan fingerprint density at radius 2 is 2.19 bits per heavy atom. The van der Waals surface area contributed by atoms with Gasteiger partial charge in [-0.05, 0) is 36.6 Å². The number of benzene rings is 1. The summed E-state index contributed by atoms with van der Waals surface area (Å²) in [5.41, 5.74) is 4.38. The third-order valence-electron chi connectivity index (χ3n) is 3.83. The molecule has 2 aromatic heterocycles. The highest BCUT2D eigenvalue weighted by molar-refractivity contribution is 5.63. The van der Waals surface area contributed by atoms with Crippen molar-refractivity contribution in [2.24, 2.45) is 0 Å². The number of pyridine rings is 1. The largest absolute Gasteiger partial charge is 0.485 e. The molecule has 1 aliphatic heterocycles. The first-order chi connectivity index (χ1) is 10.4. The van der Waals surface area contributed by atoms with Gasteiger partial charge < -0.3 is 14.5 Å². The van der Waals surface area contributed by atoms with Gasteiger partial charge in [0.1, 0.15) is 18.0 Å². The van der Waals surface area contributed by atoms with Crippen molar-refractivity contribution in [2.45, 2.75) is 19.4 Å². The summed E-state index contributed by atoms with van der Waals surface area (Å²) in [6.45, 7) is 1.50. The molecule has 0 saturated heterocycles. The second-order valence-electron chi connectivity index (χ2n) is 5.31. The Hall–Kier alpha value is -2.49. The fourth-order valence-electron chi connectivity index (χ4n) is 2.81. The van der Waals surface area contributed by atoms with Gasteiger partial charge in [-0.1, -0.05) is 18.2 Å². The van der Waals surface area contributed by atoms with Crippen LogP contribution in [0.25, 0.3) is 5.65 Å². The van der Waals surface area contributed by atoms with Crippen molar-refractivity contribution >= 4 is 11.3 Å². The smallest absolute Gasteiger partial charge is 0.143 e. The van der Waals surface area contributed by atoms with E-state index >= 15 is 0 Å². The van der Waals surface area contributed by atoms with Crippen LogP contribution in [0.3, 0.4) is 0 Å². The van der Waals surface area contributed by atoms with Gasteiger partial charge in [0.2, 0.25) is 0 Å². The molecule has 0 aliphatic carbocycles. The van der Waals surface area contributed by atoms with Crippen molar-refractivity contribution < 1.29 is 4.74 Å². The van der Waals surface area contributed by atoms with E-state index in [1.54, 1.807) is 0 Å². The molecule has 3 heterocycles. The zero-order valence-corrected chi connectivity index (χ0v) is 11.7. The number of nitrogens with one attached hydrogen (secondary N) is 1. The lowest BCUT2D eigenvalue weighted by Gasteiger charge is -2.20. The van der Waals surface area contributed by atoms with Gasteiger partial charge in [0.05, 0.1) is 11.4 Å². The average molecular weight is 279 g/mol. The molecule has 0 fully saturated rings. The fraction of sp³-hybridized carbons (Fsp3) is 0.235. The van der Waals surface area contributed by atoms with E-state index in [-0.39, 0.29) is 0 Å². The van der Waals surface area contributed by atoms with Crippen LogP contribution in [0.5, 0.6) is 5.75 Å². The monoisotopic (exact) mass is 279 g/mol. The molecule has 4 heteroatoms. The molecule has 1 aliphatic rings. The summed E-state index contributed by atoms with van der Waals surface area (Å²) in [5.74, 6) is 0.921. The van der Waals surface area contributed by atoms with E-state index in [1.165, 1.54) is 12.0 Å². The molecule has 21 heavy (non-hydrogen) atoms. The number of hydrogen-bond acceptors (Lipinski definition) is 3. The van der Waals surface area contributed by atoms with Crippen LogP contribution >= 0.6 is 0 Å². The normalized spacial score (nSPS) is 13.7. The minimum Gasteiger partial charge on any atom is -0.485 e. The molecule has 1 aromatic carbocycles. The van der Waals surface area contributed by atoms with E-state index in [1.807, 2.05) is 41.1 Å². The van der Waals surface area contributed by atoms with Crippen LogP contribution in [0.15, 0.2) is 48.8 Å². The maximum Gasteiger partial charge on any atom is 0.143 e. The summed E-state index contributed by atoms with van der Waals surface area (Å²) in [7, 11) is 0. The number of nitrogens with zero attached hydrogens (tertiary/aromatic N) is 2. The van der Waals surface area contributed by atoms with Crippen molar-refractivity contribution in [1.29, 1.82) is 0 Å². The first-order valence-electron chi connectivity index (χ1n) is 7.31. The van der Waals surface area contributed by atoms with Crippen LogP contribution < -0.4 is 10.1 Å². The SMILES string of the molecule is c1cc2c(c(OCc3cn4ccccc4n3)c1)NCCC2. The van der Waals surface area contributed by atoms with Crippen LogP contribution in [0, 0.1) is 0 Å². The molecule has 106 valence electrons. The Kier molecular flexibility index (Phi) is 2.99. The van der Waals surface area contributed by atoms with Gasteiger partial charge in [0.15, 0.2) is 0 Å². The third kappa shape index (κ3) is 2.33. The molecule has 0 amide bonds. The lowest BCUT2D eigenvalue weighted by molar-refractivity contribution is 0.303. The quantitative estimate of drug-likeness (QED) is 0.799. The number of imidazole rings is 1. The first kappa shape index (κ1) is 12.3. The van der Waals surface area contributed by atoms with Crippen LogP contribution in [-0.2, 0) is 13.0 Å². The zero-order chi connectivity index (χ0) is 14.1. The van der Waals surface area contributed by atoms with Gasteiger partial charge in [0.25, 0.3) is 0 Å². The molecule has 1 N–H and O–H groups in total. The standard InChI is InChI=1S/C17H17N3O/c1-2-10-20-11-14(19-16(20)8-1)12-21-15-7-3-5-13-6-4-9-18-17(13)15/h1-3,5,7-8,10-11,18H,4,6,9,12H2. The van der Waals surface area contributed by atoms with Gasteiger partial charge in [-0.2, -0.15) is 0 Å². The maximum absolute atomic E-state index is 5.98. The van der Waals surface area contributed by atoms with Gasteiger partial charge in [-0.15, -0.1) is 0 Å².